The molecule has 0 radical (unpaired) electrons. The van der Waals surface area contributed by atoms with E-state index in [0.29, 0.717) is 11.8 Å². The maximum absolute atomic E-state index is 12.4. The van der Waals surface area contributed by atoms with Gasteiger partial charge in [-0.3, -0.25) is 4.79 Å². The lowest BCUT2D eigenvalue weighted by Gasteiger charge is -2.36. The molecule has 0 unspecified atom stereocenters. The van der Waals surface area contributed by atoms with Gasteiger partial charge in [0.15, 0.2) is 0 Å². The van der Waals surface area contributed by atoms with Gasteiger partial charge in [-0.05, 0) is 31.1 Å². The van der Waals surface area contributed by atoms with E-state index in [0.717, 1.165) is 45.2 Å². The summed E-state index contributed by atoms with van der Waals surface area (Å²) >= 11 is 0. The van der Waals surface area contributed by atoms with Crippen molar-refractivity contribution in [1.82, 2.24) is 4.90 Å². The second kappa shape index (κ2) is 4.68. The average Bonchev–Trinajstić information content (AvgIpc) is 2.71. The van der Waals surface area contributed by atoms with E-state index in [2.05, 4.69) is 19.9 Å². The van der Waals surface area contributed by atoms with Gasteiger partial charge in [0.25, 0.3) is 0 Å². The molecule has 0 aromatic rings. The van der Waals surface area contributed by atoms with Crippen molar-refractivity contribution in [3.05, 3.63) is 0 Å². The van der Waals surface area contributed by atoms with Gasteiger partial charge < -0.3 is 4.90 Å². The quantitative estimate of drug-likeness (QED) is 0.753. The zero-order chi connectivity index (χ0) is 12.5. The van der Waals surface area contributed by atoms with Crippen LogP contribution in [-0.4, -0.2) is 23.9 Å². The Morgan fingerprint density at radius 2 is 1.82 bits per heavy atom. The second-order valence-electron chi connectivity index (χ2n) is 5.59. The maximum atomic E-state index is 12.4. The normalized spacial score (nSPS) is 30.8. The van der Waals surface area contributed by atoms with E-state index < -0.39 is 5.41 Å². The van der Waals surface area contributed by atoms with E-state index in [1.165, 1.54) is 0 Å². The molecule has 2 fully saturated rings. The van der Waals surface area contributed by atoms with Crippen LogP contribution in [0.2, 0.25) is 0 Å². The fourth-order valence-corrected chi connectivity index (χ4v) is 3.24. The number of rotatable bonds is 3. The number of hydrogen-bond acceptors (Lipinski definition) is 2. The molecule has 1 aliphatic carbocycles. The van der Waals surface area contributed by atoms with Crippen LogP contribution in [-0.2, 0) is 4.79 Å². The van der Waals surface area contributed by atoms with Gasteiger partial charge in [-0.25, -0.2) is 0 Å². The van der Waals surface area contributed by atoms with Crippen molar-refractivity contribution < 1.29 is 4.79 Å². The third-order valence-corrected chi connectivity index (χ3v) is 4.74. The Balaban J connectivity index is 2.05. The highest BCUT2D eigenvalue weighted by molar-refractivity contribution is 5.86. The molecular weight excluding hydrogens is 212 g/mol. The van der Waals surface area contributed by atoms with Crippen molar-refractivity contribution >= 4 is 5.91 Å². The summed E-state index contributed by atoms with van der Waals surface area (Å²) in [4.78, 5) is 14.4. The van der Waals surface area contributed by atoms with Crippen LogP contribution in [0.25, 0.3) is 0 Å². The Kier molecular flexibility index (Phi) is 3.42. The summed E-state index contributed by atoms with van der Waals surface area (Å²) in [6.45, 7) is 6.14. The first kappa shape index (κ1) is 12.4. The maximum Gasteiger partial charge on any atom is 0.243 e. The number of carbonyl (C=O) groups is 1. The van der Waals surface area contributed by atoms with E-state index in [1.54, 1.807) is 0 Å². The first-order chi connectivity index (χ1) is 8.16. The van der Waals surface area contributed by atoms with Gasteiger partial charge in [-0.2, -0.15) is 5.26 Å². The highest BCUT2D eigenvalue weighted by Gasteiger charge is 2.48. The van der Waals surface area contributed by atoms with Crippen molar-refractivity contribution in [1.29, 1.82) is 5.26 Å². The Hall–Kier alpha value is -1.04. The zero-order valence-electron chi connectivity index (χ0n) is 10.9. The summed E-state index contributed by atoms with van der Waals surface area (Å²) in [5, 5.41) is 9.22. The molecule has 0 aromatic carbocycles. The molecular formula is C14H22N2O. The molecule has 1 saturated carbocycles. The van der Waals surface area contributed by atoms with Crippen LogP contribution in [0.1, 0.15) is 46.0 Å². The first-order valence-corrected chi connectivity index (χ1v) is 6.87. The van der Waals surface area contributed by atoms with Crippen LogP contribution in [0, 0.1) is 28.6 Å². The van der Waals surface area contributed by atoms with Gasteiger partial charge in [0, 0.05) is 13.1 Å². The lowest BCUT2D eigenvalue weighted by Crippen LogP contribution is -2.46. The second-order valence-corrected chi connectivity index (χ2v) is 5.59. The summed E-state index contributed by atoms with van der Waals surface area (Å²) in [7, 11) is 0. The van der Waals surface area contributed by atoms with Gasteiger partial charge >= 0.3 is 0 Å². The lowest BCUT2D eigenvalue weighted by molar-refractivity contribution is -0.142. The summed E-state index contributed by atoms with van der Waals surface area (Å²) in [6.07, 6.45) is 4.85. The number of nitriles is 1. The molecule has 94 valence electrons. The van der Waals surface area contributed by atoms with Gasteiger partial charge in [-0.15, -0.1) is 0 Å². The van der Waals surface area contributed by atoms with Gasteiger partial charge in [-0.1, -0.05) is 26.7 Å². The van der Waals surface area contributed by atoms with Crippen molar-refractivity contribution in [2.45, 2.75) is 46.0 Å². The third kappa shape index (κ3) is 1.94. The summed E-state index contributed by atoms with van der Waals surface area (Å²) in [6, 6.07) is 2.27. The minimum absolute atomic E-state index is 0.112. The number of amides is 1. The first-order valence-electron chi connectivity index (χ1n) is 6.87. The van der Waals surface area contributed by atoms with E-state index in [4.69, 9.17) is 0 Å². The van der Waals surface area contributed by atoms with E-state index >= 15 is 0 Å². The molecule has 0 bridgehead atoms. The molecule has 1 aliphatic heterocycles. The minimum Gasteiger partial charge on any atom is -0.341 e. The average molecular weight is 234 g/mol. The summed E-state index contributed by atoms with van der Waals surface area (Å²) in [5.41, 5.74) is -0.652. The van der Waals surface area contributed by atoms with Gasteiger partial charge in [0.05, 0.1) is 6.07 Å². The number of hydrogen-bond donors (Lipinski definition) is 0. The molecule has 0 N–H and O–H groups in total. The molecule has 1 amide bonds. The van der Waals surface area contributed by atoms with Crippen LogP contribution >= 0.6 is 0 Å². The largest absolute Gasteiger partial charge is 0.341 e. The molecule has 17 heavy (non-hydrogen) atoms. The highest BCUT2D eigenvalue weighted by atomic mass is 16.2. The molecule has 0 aromatic heterocycles. The number of nitrogens with zero attached hydrogens (tertiary/aromatic N) is 2. The predicted octanol–water partition coefficient (Wildman–Crippen LogP) is 2.57. The Labute approximate surface area is 104 Å². The third-order valence-electron chi connectivity index (χ3n) is 4.74. The summed E-state index contributed by atoms with van der Waals surface area (Å²) < 4.78 is 0. The summed E-state index contributed by atoms with van der Waals surface area (Å²) in [5.74, 6) is 1.39. The molecule has 3 heteroatoms. The van der Waals surface area contributed by atoms with Gasteiger partial charge in [0.1, 0.15) is 5.41 Å². The number of carbonyl (C=O) groups excluding carboxylic acids is 1. The minimum atomic E-state index is -0.652. The van der Waals surface area contributed by atoms with E-state index in [9.17, 15) is 10.1 Å². The molecule has 3 nitrogen and oxygen atoms in total. The molecule has 1 heterocycles. The fraction of sp³-hybridized carbons (Fsp3) is 0.857. The predicted molar refractivity (Wildman–Crippen MR) is 66.0 cm³/mol. The van der Waals surface area contributed by atoms with Crippen LogP contribution in [0.3, 0.4) is 0 Å². The SMILES string of the molecule is CC[C@@H]1CN(C(=O)C2(C#N)CCC2)C[C@@H]1CC. The standard InChI is InChI=1S/C14H22N2O/c1-3-11-8-16(9-12(11)4-2)13(17)14(10-15)6-5-7-14/h11-12H,3-9H2,1-2H3/t11-,12+. The monoisotopic (exact) mass is 234 g/mol. The molecule has 2 atom stereocenters. The molecule has 1 saturated heterocycles. The lowest BCUT2D eigenvalue weighted by atomic mass is 9.69. The van der Waals surface area contributed by atoms with Crippen molar-refractivity contribution in [2.75, 3.05) is 13.1 Å². The molecule has 2 aliphatic rings. The van der Waals surface area contributed by atoms with Crippen molar-refractivity contribution in [2.24, 2.45) is 17.3 Å². The Morgan fingerprint density at radius 3 is 2.12 bits per heavy atom. The number of likely N-dealkylation sites (tertiary alicyclic amines) is 1. The Bertz CT molecular complexity index is 329. The van der Waals surface area contributed by atoms with Crippen molar-refractivity contribution in [3.8, 4) is 6.07 Å². The van der Waals surface area contributed by atoms with Gasteiger partial charge in [0.2, 0.25) is 5.91 Å². The van der Waals surface area contributed by atoms with E-state index in [1.807, 2.05) is 4.90 Å². The van der Waals surface area contributed by atoms with E-state index in [-0.39, 0.29) is 5.91 Å². The van der Waals surface area contributed by atoms with Crippen molar-refractivity contribution in [3.63, 3.8) is 0 Å². The van der Waals surface area contributed by atoms with Crippen LogP contribution in [0.5, 0.6) is 0 Å². The Morgan fingerprint density at radius 1 is 1.29 bits per heavy atom. The molecule has 0 spiro atoms. The van der Waals surface area contributed by atoms with Crippen LogP contribution < -0.4 is 0 Å². The zero-order valence-corrected chi connectivity index (χ0v) is 10.9. The highest BCUT2D eigenvalue weighted by Crippen LogP contribution is 2.43. The smallest absolute Gasteiger partial charge is 0.243 e. The fourth-order valence-electron chi connectivity index (χ4n) is 3.24. The van der Waals surface area contributed by atoms with Crippen LogP contribution in [0.15, 0.2) is 0 Å². The van der Waals surface area contributed by atoms with Crippen LogP contribution in [0.4, 0.5) is 0 Å². The topological polar surface area (TPSA) is 44.1 Å². The molecule has 2 rings (SSSR count).